The highest BCUT2D eigenvalue weighted by atomic mass is 15.3. The van der Waals surface area contributed by atoms with E-state index in [-0.39, 0.29) is 0 Å². The van der Waals surface area contributed by atoms with Gasteiger partial charge in [0.25, 0.3) is 0 Å². The first-order chi connectivity index (χ1) is 14.6. The van der Waals surface area contributed by atoms with Crippen molar-refractivity contribution in [3.63, 3.8) is 0 Å². The maximum absolute atomic E-state index is 4.81. The van der Waals surface area contributed by atoms with Crippen molar-refractivity contribution in [2.24, 2.45) is 0 Å². The number of benzene rings is 1. The monoisotopic (exact) mass is 402 g/mol. The van der Waals surface area contributed by atoms with E-state index >= 15 is 0 Å². The van der Waals surface area contributed by atoms with E-state index in [9.17, 15) is 0 Å². The highest BCUT2D eigenvalue weighted by molar-refractivity contribution is 5.45. The molecule has 0 amide bonds. The van der Waals surface area contributed by atoms with Crippen molar-refractivity contribution in [2.75, 3.05) is 18.0 Å². The smallest absolute Gasteiger partial charge is 0.159 e. The lowest BCUT2D eigenvalue weighted by Gasteiger charge is -2.29. The summed E-state index contributed by atoms with van der Waals surface area (Å²) in [7, 11) is 0. The van der Waals surface area contributed by atoms with Crippen LogP contribution >= 0.6 is 0 Å². The summed E-state index contributed by atoms with van der Waals surface area (Å²) in [5.41, 5.74) is 3.52. The van der Waals surface area contributed by atoms with Gasteiger partial charge in [0.05, 0.1) is 5.69 Å². The zero-order chi connectivity index (χ0) is 20.7. The molecule has 0 saturated carbocycles. The Morgan fingerprint density at radius 3 is 2.43 bits per heavy atom. The summed E-state index contributed by atoms with van der Waals surface area (Å²) in [6, 6.07) is 16.3. The molecule has 1 aromatic carbocycles. The Kier molecular flexibility index (Phi) is 5.03. The lowest BCUT2D eigenvalue weighted by Crippen LogP contribution is -2.39. The van der Waals surface area contributed by atoms with Crippen molar-refractivity contribution in [1.29, 1.82) is 0 Å². The van der Waals surface area contributed by atoms with Crippen molar-refractivity contribution in [3.05, 3.63) is 65.2 Å². The molecule has 2 aromatic heterocycles. The molecule has 2 aliphatic heterocycles. The molecule has 156 valence electrons. The van der Waals surface area contributed by atoms with Gasteiger partial charge in [-0.2, -0.15) is 5.10 Å². The first-order valence-corrected chi connectivity index (χ1v) is 11.0. The summed E-state index contributed by atoms with van der Waals surface area (Å²) in [6.45, 7) is 9.18. The third kappa shape index (κ3) is 3.72. The third-order valence-corrected chi connectivity index (χ3v) is 6.50. The van der Waals surface area contributed by atoms with Gasteiger partial charge in [-0.25, -0.2) is 14.6 Å². The summed E-state index contributed by atoms with van der Waals surface area (Å²) in [5, 5.41) is 4.62. The number of aryl methyl sites for hydroxylation is 3. The van der Waals surface area contributed by atoms with Crippen LogP contribution in [0.5, 0.6) is 0 Å². The quantitative estimate of drug-likeness (QED) is 0.664. The predicted molar refractivity (Wildman–Crippen MR) is 119 cm³/mol. The predicted octanol–water partition coefficient (Wildman–Crippen LogP) is 3.83. The number of aromatic nitrogens is 4. The highest BCUT2D eigenvalue weighted by Gasteiger charge is 2.37. The number of fused-ring (bicyclic) bond motifs is 2. The van der Waals surface area contributed by atoms with Gasteiger partial charge in [-0.3, -0.25) is 4.90 Å². The Balaban J connectivity index is 1.40. The normalized spacial score (nSPS) is 21.8. The van der Waals surface area contributed by atoms with Crippen molar-refractivity contribution in [3.8, 4) is 5.82 Å². The van der Waals surface area contributed by atoms with Gasteiger partial charge in [-0.15, -0.1) is 0 Å². The van der Waals surface area contributed by atoms with Crippen LogP contribution in [0.25, 0.3) is 5.82 Å². The van der Waals surface area contributed by atoms with Gasteiger partial charge in [0.2, 0.25) is 0 Å². The van der Waals surface area contributed by atoms with Gasteiger partial charge in [-0.1, -0.05) is 30.3 Å². The molecule has 2 saturated heterocycles. The second kappa shape index (κ2) is 7.84. The standard InChI is InChI=1S/C24H30N6/c1-17-13-18(2)30(27-17)24-14-23(25-19(3)26-24)28-12-11-21-9-10-22(16-28)29(21)15-20-7-5-4-6-8-20/h4-8,13-14,21-22H,9-12,15-16H2,1-3H3/t21-,22+/m0/s1. The minimum Gasteiger partial charge on any atom is -0.355 e. The fourth-order valence-electron chi connectivity index (χ4n) is 5.10. The second-order valence-corrected chi connectivity index (χ2v) is 8.75. The lowest BCUT2D eigenvalue weighted by molar-refractivity contribution is 0.194. The molecule has 2 fully saturated rings. The van der Waals surface area contributed by atoms with E-state index in [1.807, 2.05) is 18.5 Å². The third-order valence-electron chi connectivity index (χ3n) is 6.50. The van der Waals surface area contributed by atoms with Gasteiger partial charge in [-0.05, 0) is 51.7 Å². The van der Waals surface area contributed by atoms with Gasteiger partial charge < -0.3 is 4.90 Å². The van der Waals surface area contributed by atoms with Crippen LogP contribution in [0.1, 0.15) is 42.0 Å². The summed E-state index contributed by atoms with van der Waals surface area (Å²) < 4.78 is 1.93. The molecule has 6 nitrogen and oxygen atoms in total. The van der Waals surface area contributed by atoms with Crippen molar-refractivity contribution in [1.82, 2.24) is 24.6 Å². The van der Waals surface area contributed by atoms with Crippen LogP contribution in [-0.2, 0) is 6.54 Å². The molecule has 4 heterocycles. The van der Waals surface area contributed by atoms with Crippen LogP contribution in [-0.4, -0.2) is 49.8 Å². The highest BCUT2D eigenvalue weighted by Crippen LogP contribution is 2.33. The zero-order valence-corrected chi connectivity index (χ0v) is 18.1. The Morgan fingerprint density at radius 1 is 0.900 bits per heavy atom. The van der Waals surface area contributed by atoms with E-state index in [0.717, 1.165) is 48.5 Å². The molecule has 30 heavy (non-hydrogen) atoms. The molecular formula is C24H30N6. The van der Waals surface area contributed by atoms with Crippen LogP contribution in [0.4, 0.5) is 5.82 Å². The number of hydrogen-bond donors (Lipinski definition) is 0. The van der Waals surface area contributed by atoms with E-state index in [0.29, 0.717) is 12.1 Å². The molecule has 2 aliphatic rings. The first kappa shape index (κ1) is 19.2. The zero-order valence-electron chi connectivity index (χ0n) is 18.1. The minimum atomic E-state index is 0.574. The van der Waals surface area contributed by atoms with Gasteiger partial charge in [0.1, 0.15) is 11.6 Å². The van der Waals surface area contributed by atoms with Gasteiger partial charge in [0.15, 0.2) is 5.82 Å². The SMILES string of the molecule is Cc1cc(C)n(-c2cc(N3CC[C@@H]4CC[C@H](C3)N4Cc3ccccc3)nc(C)n2)n1. The Bertz CT molecular complexity index is 1030. The molecule has 2 atom stereocenters. The number of rotatable bonds is 4. The minimum absolute atomic E-state index is 0.574. The molecule has 6 heteroatoms. The maximum atomic E-state index is 4.81. The molecule has 3 aromatic rings. The van der Waals surface area contributed by atoms with E-state index in [2.05, 4.69) is 69.3 Å². The largest absolute Gasteiger partial charge is 0.355 e. The molecular weight excluding hydrogens is 372 g/mol. The van der Waals surface area contributed by atoms with Crippen LogP contribution in [0.3, 0.4) is 0 Å². The van der Waals surface area contributed by atoms with Gasteiger partial charge in [0, 0.05) is 43.5 Å². The van der Waals surface area contributed by atoms with E-state index < -0.39 is 0 Å². The number of anilines is 1. The summed E-state index contributed by atoms with van der Waals surface area (Å²) in [5.74, 6) is 2.68. The van der Waals surface area contributed by atoms with Crippen LogP contribution in [0.15, 0.2) is 42.5 Å². The summed E-state index contributed by atoms with van der Waals surface area (Å²) in [6.07, 6.45) is 3.76. The molecule has 0 radical (unpaired) electrons. The maximum Gasteiger partial charge on any atom is 0.159 e. The molecule has 0 aliphatic carbocycles. The van der Waals surface area contributed by atoms with Crippen molar-refractivity contribution < 1.29 is 0 Å². The Morgan fingerprint density at radius 2 is 1.67 bits per heavy atom. The number of nitrogens with zero attached hydrogens (tertiary/aromatic N) is 6. The van der Waals surface area contributed by atoms with Crippen LogP contribution in [0.2, 0.25) is 0 Å². The van der Waals surface area contributed by atoms with E-state index in [1.165, 1.54) is 24.8 Å². The van der Waals surface area contributed by atoms with Crippen LogP contribution in [0, 0.1) is 20.8 Å². The van der Waals surface area contributed by atoms with Crippen LogP contribution < -0.4 is 4.90 Å². The molecule has 2 bridgehead atoms. The number of hydrogen-bond acceptors (Lipinski definition) is 5. The average Bonchev–Trinajstić information content (AvgIpc) is 3.19. The fourth-order valence-corrected chi connectivity index (χ4v) is 5.10. The van der Waals surface area contributed by atoms with Crippen molar-refractivity contribution in [2.45, 2.75) is 58.7 Å². The van der Waals surface area contributed by atoms with E-state index in [1.54, 1.807) is 0 Å². The molecule has 0 unspecified atom stereocenters. The fraction of sp³-hybridized carbons (Fsp3) is 0.458. The van der Waals surface area contributed by atoms with Gasteiger partial charge >= 0.3 is 0 Å². The summed E-state index contributed by atoms with van der Waals surface area (Å²) in [4.78, 5) is 14.7. The average molecular weight is 403 g/mol. The van der Waals surface area contributed by atoms with E-state index in [4.69, 9.17) is 4.98 Å². The Hall–Kier alpha value is -2.73. The first-order valence-electron chi connectivity index (χ1n) is 11.0. The summed E-state index contributed by atoms with van der Waals surface area (Å²) >= 11 is 0. The molecule has 0 N–H and O–H groups in total. The topological polar surface area (TPSA) is 50.1 Å². The van der Waals surface area contributed by atoms with Crippen molar-refractivity contribution >= 4 is 5.82 Å². The lowest BCUT2D eigenvalue weighted by atomic mass is 10.1. The molecule has 0 spiro atoms. The molecule has 5 rings (SSSR count). The second-order valence-electron chi connectivity index (χ2n) is 8.75. The Labute approximate surface area is 178 Å².